The highest BCUT2D eigenvalue weighted by molar-refractivity contribution is 7.92. The number of sulfonamides is 1. The number of anilines is 2. The summed E-state index contributed by atoms with van der Waals surface area (Å²) in [5.41, 5.74) is 6.81. The largest absolute Gasteiger partial charge is 0.399 e. The van der Waals surface area contributed by atoms with E-state index in [1.807, 2.05) is 0 Å². The average Bonchev–Trinajstić information content (AvgIpc) is 2.18. The van der Waals surface area contributed by atoms with Gasteiger partial charge in [0.05, 0.1) is 11.4 Å². The number of hydrogen-bond acceptors (Lipinski definition) is 3. The quantitative estimate of drug-likeness (QED) is 0.793. The van der Waals surface area contributed by atoms with Gasteiger partial charge in [0.1, 0.15) is 0 Å². The van der Waals surface area contributed by atoms with Gasteiger partial charge in [-0.2, -0.15) is 0 Å². The Morgan fingerprint density at radius 2 is 2.00 bits per heavy atom. The second-order valence-corrected chi connectivity index (χ2v) is 5.34. The van der Waals surface area contributed by atoms with Crippen molar-refractivity contribution in [1.82, 2.24) is 0 Å². The number of nitrogen functional groups attached to an aromatic ring is 1. The molecule has 5 heteroatoms. The maximum atomic E-state index is 11.7. The van der Waals surface area contributed by atoms with Gasteiger partial charge in [-0.3, -0.25) is 4.31 Å². The SMILES string of the molecule is CCN(c1cccc(N)c1)S(=O)(=O)CC. The normalized spacial score (nSPS) is 11.3. The molecule has 0 saturated heterocycles. The summed E-state index contributed by atoms with van der Waals surface area (Å²) in [6.45, 7) is 3.85. The van der Waals surface area contributed by atoms with Crippen LogP contribution in [0, 0.1) is 0 Å². The number of nitrogens with two attached hydrogens (primary N) is 1. The highest BCUT2D eigenvalue weighted by Gasteiger charge is 2.18. The topological polar surface area (TPSA) is 63.4 Å². The van der Waals surface area contributed by atoms with Gasteiger partial charge in [0.25, 0.3) is 0 Å². The van der Waals surface area contributed by atoms with Crippen LogP contribution in [-0.4, -0.2) is 20.7 Å². The monoisotopic (exact) mass is 228 g/mol. The molecule has 0 radical (unpaired) electrons. The van der Waals surface area contributed by atoms with Crippen LogP contribution >= 0.6 is 0 Å². The Labute approximate surface area is 90.8 Å². The van der Waals surface area contributed by atoms with Crippen molar-refractivity contribution in [2.24, 2.45) is 0 Å². The van der Waals surface area contributed by atoms with Gasteiger partial charge >= 0.3 is 0 Å². The molecule has 1 aromatic carbocycles. The zero-order valence-corrected chi connectivity index (χ0v) is 9.79. The molecule has 0 unspecified atom stereocenters. The maximum absolute atomic E-state index is 11.7. The van der Waals surface area contributed by atoms with E-state index >= 15 is 0 Å². The molecule has 0 aliphatic carbocycles. The van der Waals surface area contributed by atoms with Crippen LogP contribution in [0.15, 0.2) is 24.3 Å². The van der Waals surface area contributed by atoms with Gasteiger partial charge in [0.2, 0.25) is 10.0 Å². The third kappa shape index (κ3) is 2.62. The number of nitrogens with zero attached hydrogens (tertiary/aromatic N) is 1. The summed E-state index contributed by atoms with van der Waals surface area (Å²) in [6.07, 6.45) is 0. The summed E-state index contributed by atoms with van der Waals surface area (Å²) in [4.78, 5) is 0. The molecule has 0 heterocycles. The van der Waals surface area contributed by atoms with Crippen molar-refractivity contribution in [1.29, 1.82) is 0 Å². The van der Waals surface area contributed by atoms with Gasteiger partial charge in [-0.05, 0) is 32.0 Å². The van der Waals surface area contributed by atoms with E-state index in [0.29, 0.717) is 17.9 Å². The van der Waals surface area contributed by atoms with Crippen molar-refractivity contribution in [2.75, 3.05) is 22.3 Å². The Balaban J connectivity index is 3.14. The van der Waals surface area contributed by atoms with Gasteiger partial charge in [-0.1, -0.05) is 6.07 Å². The van der Waals surface area contributed by atoms with Crippen molar-refractivity contribution in [3.63, 3.8) is 0 Å². The van der Waals surface area contributed by atoms with E-state index in [9.17, 15) is 8.42 Å². The molecule has 0 spiro atoms. The molecule has 1 aromatic rings. The van der Waals surface area contributed by atoms with Gasteiger partial charge in [0.15, 0.2) is 0 Å². The third-order valence-corrected chi connectivity index (χ3v) is 4.02. The lowest BCUT2D eigenvalue weighted by Gasteiger charge is -2.22. The molecule has 0 aliphatic rings. The molecule has 0 atom stereocenters. The lowest BCUT2D eigenvalue weighted by Crippen LogP contribution is -2.32. The summed E-state index contributed by atoms with van der Waals surface area (Å²) < 4.78 is 24.8. The molecule has 0 bridgehead atoms. The Morgan fingerprint density at radius 3 is 2.47 bits per heavy atom. The van der Waals surface area contributed by atoms with Crippen molar-refractivity contribution in [3.8, 4) is 0 Å². The van der Waals surface area contributed by atoms with Crippen LogP contribution in [0.5, 0.6) is 0 Å². The molecular weight excluding hydrogens is 212 g/mol. The summed E-state index contributed by atoms with van der Waals surface area (Å²) in [6, 6.07) is 6.89. The molecule has 0 fully saturated rings. The molecule has 0 saturated carbocycles. The fourth-order valence-corrected chi connectivity index (χ4v) is 2.52. The van der Waals surface area contributed by atoms with Crippen molar-refractivity contribution in [3.05, 3.63) is 24.3 Å². The van der Waals surface area contributed by atoms with Gasteiger partial charge in [-0.15, -0.1) is 0 Å². The summed E-state index contributed by atoms with van der Waals surface area (Å²) >= 11 is 0. The Morgan fingerprint density at radius 1 is 1.33 bits per heavy atom. The molecule has 0 aliphatic heterocycles. The van der Waals surface area contributed by atoms with Gasteiger partial charge < -0.3 is 5.73 Å². The Kier molecular flexibility index (Phi) is 3.57. The predicted molar refractivity (Wildman–Crippen MR) is 63.3 cm³/mol. The number of benzene rings is 1. The number of hydrogen-bond donors (Lipinski definition) is 1. The zero-order valence-electron chi connectivity index (χ0n) is 8.97. The smallest absolute Gasteiger partial charge is 0.234 e. The summed E-state index contributed by atoms with van der Waals surface area (Å²) in [5.74, 6) is 0.0929. The minimum absolute atomic E-state index is 0.0929. The maximum Gasteiger partial charge on any atom is 0.234 e. The van der Waals surface area contributed by atoms with Crippen LogP contribution in [-0.2, 0) is 10.0 Å². The highest BCUT2D eigenvalue weighted by Crippen LogP contribution is 2.20. The first kappa shape index (κ1) is 11.8. The van der Waals surface area contributed by atoms with Crippen LogP contribution in [0.3, 0.4) is 0 Å². The second kappa shape index (κ2) is 4.53. The van der Waals surface area contributed by atoms with E-state index in [1.165, 1.54) is 4.31 Å². The van der Waals surface area contributed by atoms with Crippen molar-refractivity contribution >= 4 is 21.4 Å². The second-order valence-electron chi connectivity index (χ2n) is 3.16. The van der Waals surface area contributed by atoms with E-state index in [-0.39, 0.29) is 5.75 Å². The highest BCUT2D eigenvalue weighted by atomic mass is 32.2. The predicted octanol–water partition coefficient (Wildman–Crippen LogP) is 1.44. The molecule has 2 N–H and O–H groups in total. The van der Waals surface area contributed by atoms with Crippen LogP contribution in [0.2, 0.25) is 0 Å². The molecule has 4 nitrogen and oxygen atoms in total. The summed E-state index contributed by atoms with van der Waals surface area (Å²) in [7, 11) is -3.20. The van der Waals surface area contributed by atoms with E-state index in [2.05, 4.69) is 0 Å². The van der Waals surface area contributed by atoms with E-state index in [0.717, 1.165) is 0 Å². The molecular formula is C10H16N2O2S. The first-order valence-corrected chi connectivity index (χ1v) is 6.48. The first-order valence-electron chi connectivity index (χ1n) is 4.87. The molecule has 0 amide bonds. The van der Waals surface area contributed by atoms with Crippen molar-refractivity contribution < 1.29 is 8.42 Å². The fraction of sp³-hybridized carbons (Fsp3) is 0.400. The van der Waals surface area contributed by atoms with Crippen LogP contribution in [0.25, 0.3) is 0 Å². The molecule has 15 heavy (non-hydrogen) atoms. The van der Waals surface area contributed by atoms with E-state index in [1.54, 1.807) is 38.1 Å². The minimum atomic E-state index is -3.20. The minimum Gasteiger partial charge on any atom is -0.399 e. The fourth-order valence-electron chi connectivity index (χ4n) is 1.38. The molecule has 1 rings (SSSR count). The lowest BCUT2D eigenvalue weighted by molar-refractivity contribution is 0.593. The zero-order chi connectivity index (χ0) is 11.5. The van der Waals surface area contributed by atoms with Crippen LogP contribution in [0.4, 0.5) is 11.4 Å². The Bertz CT molecular complexity index is 429. The van der Waals surface area contributed by atoms with Gasteiger partial charge in [0, 0.05) is 12.2 Å². The lowest BCUT2D eigenvalue weighted by atomic mass is 10.3. The third-order valence-electron chi connectivity index (χ3n) is 2.15. The van der Waals surface area contributed by atoms with Gasteiger partial charge in [-0.25, -0.2) is 8.42 Å². The summed E-state index contributed by atoms with van der Waals surface area (Å²) in [5, 5.41) is 0. The van der Waals surface area contributed by atoms with E-state index < -0.39 is 10.0 Å². The molecule has 84 valence electrons. The average molecular weight is 228 g/mol. The number of rotatable bonds is 4. The Hall–Kier alpha value is -1.23. The van der Waals surface area contributed by atoms with Crippen molar-refractivity contribution in [2.45, 2.75) is 13.8 Å². The van der Waals surface area contributed by atoms with E-state index in [4.69, 9.17) is 5.73 Å². The molecule has 0 aromatic heterocycles. The first-order chi connectivity index (χ1) is 7.01. The standard InChI is InChI=1S/C10H16N2O2S/c1-3-12(15(13,14)4-2)10-7-5-6-9(11)8-10/h5-8H,3-4,11H2,1-2H3. The van der Waals surface area contributed by atoms with Crippen LogP contribution < -0.4 is 10.0 Å². The van der Waals surface area contributed by atoms with Crippen LogP contribution in [0.1, 0.15) is 13.8 Å².